The van der Waals surface area contributed by atoms with E-state index in [-0.39, 0.29) is 4.90 Å². The monoisotopic (exact) mass is 491 g/mol. The summed E-state index contributed by atoms with van der Waals surface area (Å²) < 4.78 is 45.3. The topological polar surface area (TPSA) is 79.8 Å². The number of sulfone groups is 1. The van der Waals surface area contributed by atoms with Crippen LogP contribution in [0.15, 0.2) is 47.4 Å². The van der Waals surface area contributed by atoms with Gasteiger partial charge in [0.05, 0.1) is 28.3 Å². The Morgan fingerprint density at radius 3 is 2.61 bits per heavy atom. The zero-order valence-corrected chi connectivity index (χ0v) is 20.0. The van der Waals surface area contributed by atoms with Crippen molar-refractivity contribution >= 4 is 42.4 Å². The standard InChI is InChI=1S/C23H26FN3O4S2/c1-2-17-4-3-5-20-22(17)25-23(32-20)27(11-10-26-12-14-31-15-13-26)21(28)16-33(29,30)19-8-6-18(24)7-9-19/h3-9H,2,10-16H2,1H3. The van der Waals surface area contributed by atoms with Crippen LogP contribution in [0.5, 0.6) is 0 Å². The van der Waals surface area contributed by atoms with Crippen molar-refractivity contribution in [2.45, 2.75) is 18.2 Å². The lowest BCUT2D eigenvalue weighted by molar-refractivity contribution is -0.116. The number of anilines is 1. The number of para-hydroxylation sites is 1. The first-order valence-electron chi connectivity index (χ1n) is 10.8. The Morgan fingerprint density at radius 2 is 1.91 bits per heavy atom. The molecule has 1 aliphatic rings. The van der Waals surface area contributed by atoms with E-state index in [9.17, 15) is 17.6 Å². The lowest BCUT2D eigenvalue weighted by Gasteiger charge is -2.29. The van der Waals surface area contributed by atoms with Gasteiger partial charge in [0.25, 0.3) is 0 Å². The van der Waals surface area contributed by atoms with Crippen LogP contribution in [0.25, 0.3) is 10.2 Å². The molecule has 2 heterocycles. The third-order valence-corrected chi connectivity index (χ3v) is 8.29. The molecule has 7 nitrogen and oxygen atoms in total. The highest BCUT2D eigenvalue weighted by Crippen LogP contribution is 2.31. The van der Waals surface area contributed by atoms with E-state index in [1.54, 1.807) is 0 Å². The third kappa shape index (κ3) is 5.57. The van der Waals surface area contributed by atoms with Crippen LogP contribution >= 0.6 is 11.3 Å². The third-order valence-electron chi connectivity index (χ3n) is 5.63. The number of hydrogen-bond acceptors (Lipinski definition) is 7. The second kappa shape index (κ2) is 10.3. The normalized spacial score (nSPS) is 15.1. The largest absolute Gasteiger partial charge is 0.379 e. The number of rotatable bonds is 8. The second-order valence-corrected chi connectivity index (χ2v) is 10.8. The molecule has 1 aliphatic heterocycles. The Hall–Kier alpha value is -2.40. The van der Waals surface area contributed by atoms with Crippen molar-refractivity contribution in [3.8, 4) is 0 Å². The minimum absolute atomic E-state index is 0.0806. The van der Waals surface area contributed by atoms with Crippen LogP contribution in [0.3, 0.4) is 0 Å². The summed E-state index contributed by atoms with van der Waals surface area (Å²) in [6.45, 7) is 5.74. The smallest absolute Gasteiger partial charge is 0.244 e. The number of amides is 1. The maximum absolute atomic E-state index is 13.3. The first-order valence-corrected chi connectivity index (χ1v) is 13.3. The predicted molar refractivity (Wildman–Crippen MR) is 127 cm³/mol. The van der Waals surface area contributed by atoms with E-state index in [2.05, 4.69) is 4.90 Å². The fourth-order valence-electron chi connectivity index (χ4n) is 3.75. The number of carbonyl (C=O) groups is 1. The van der Waals surface area contributed by atoms with E-state index in [0.29, 0.717) is 31.4 Å². The van der Waals surface area contributed by atoms with Crippen molar-refractivity contribution in [1.29, 1.82) is 0 Å². The van der Waals surface area contributed by atoms with E-state index in [1.807, 2.05) is 25.1 Å². The lowest BCUT2D eigenvalue weighted by atomic mass is 10.1. The molecule has 3 aromatic rings. The number of thiazole rings is 1. The van der Waals surface area contributed by atoms with Crippen LogP contribution in [0.1, 0.15) is 12.5 Å². The van der Waals surface area contributed by atoms with Gasteiger partial charge in [0.1, 0.15) is 11.6 Å². The van der Waals surface area contributed by atoms with Crippen LogP contribution in [0, 0.1) is 5.82 Å². The Labute approximate surface area is 196 Å². The molecule has 0 radical (unpaired) electrons. The number of halogens is 1. The molecule has 0 N–H and O–H groups in total. The van der Waals surface area contributed by atoms with Crippen molar-refractivity contribution in [3.63, 3.8) is 0 Å². The van der Waals surface area contributed by atoms with Gasteiger partial charge in [0, 0.05) is 26.2 Å². The van der Waals surface area contributed by atoms with Gasteiger partial charge in [-0.1, -0.05) is 30.4 Å². The van der Waals surface area contributed by atoms with Gasteiger partial charge in [-0.15, -0.1) is 0 Å². The summed E-state index contributed by atoms with van der Waals surface area (Å²) in [4.78, 5) is 21.6. The molecular weight excluding hydrogens is 465 g/mol. The highest BCUT2D eigenvalue weighted by Gasteiger charge is 2.27. The molecular formula is C23H26FN3O4S2. The second-order valence-electron chi connectivity index (χ2n) is 7.83. The van der Waals surface area contributed by atoms with Crippen molar-refractivity contribution in [2.75, 3.05) is 50.0 Å². The van der Waals surface area contributed by atoms with Crippen LogP contribution in [0.2, 0.25) is 0 Å². The average Bonchev–Trinajstić information content (AvgIpc) is 3.24. The van der Waals surface area contributed by atoms with Gasteiger partial charge in [-0.2, -0.15) is 0 Å². The van der Waals surface area contributed by atoms with Crippen LogP contribution in [0.4, 0.5) is 9.52 Å². The molecule has 0 saturated carbocycles. The molecule has 33 heavy (non-hydrogen) atoms. The van der Waals surface area contributed by atoms with Gasteiger partial charge in [0.2, 0.25) is 5.91 Å². The molecule has 0 atom stereocenters. The van der Waals surface area contributed by atoms with Gasteiger partial charge in [-0.05, 0) is 42.3 Å². The predicted octanol–water partition coefficient (Wildman–Crippen LogP) is 3.14. The van der Waals surface area contributed by atoms with Gasteiger partial charge in [-0.3, -0.25) is 14.6 Å². The van der Waals surface area contributed by atoms with Crippen molar-refractivity contribution in [2.24, 2.45) is 0 Å². The number of morpholine rings is 1. The molecule has 0 unspecified atom stereocenters. The van der Waals surface area contributed by atoms with E-state index >= 15 is 0 Å². The van der Waals surface area contributed by atoms with Crippen molar-refractivity contribution in [1.82, 2.24) is 9.88 Å². The van der Waals surface area contributed by atoms with Crippen LogP contribution < -0.4 is 4.90 Å². The average molecular weight is 492 g/mol. The number of carbonyl (C=O) groups excluding carboxylic acids is 1. The zero-order chi connectivity index (χ0) is 23.4. The minimum atomic E-state index is -3.93. The molecule has 176 valence electrons. The summed E-state index contributed by atoms with van der Waals surface area (Å²) in [7, 11) is -3.93. The minimum Gasteiger partial charge on any atom is -0.379 e. The summed E-state index contributed by atoms with van der Waals surface area (Å²) in [6.07, 6.45) is 0.807. The summed E-state index contributed by atoms with van der Waals surface area (Å²) in [5, 5.41) is 0.485. The summed E-state index contributed by atoms with van der Waals surface area (Å²) >= 11 is 1.38. The van der Waals surface area contributed by atoms with Crippen molar-refractivity contribution < 1.29 is 22.3 Å². The zero-order valence-electron chi connectivity index (χ0n) is 18.4. The van der Waals surface area contributed by atoms with Gasteiger partial charge in [-0.25, -0.2) is 17.8 Å². The molecule has 0 aliphatic carbocycles. The number of benzene rings is 2. The van der Waals surface area contributed by atoms with Gasteiger partial charge in [0.15, 0.2) is 15.0 Å². The number of fused-ring (bicyclic) bond motifs is 1. The number of aromatic nitrogens is 1. The molecule has 2 aromatic carbocycles. The quantitative estimate of drug-likeness (QED) is 0.451. The molecule has 1 fully saturated rings. The first kappa shape index (κ1) is 23.7. The van der Waals surface area contributed by atoms with Crippen LogP contribution in [-0.2, 0) is 25.8 Å². The number of ether oxygens (including phenoxy) is 1. The van der Waals surface area contributed by atoms with E-state index in [4.69, 9.17) is 9.72 Å². The fraction of sp³-hybridized carbons (Fsp3) is 0.391. The molecule has 4 rings (SSSR count). The van der Waals surface area contributed by atoms with E-state index in [1.165, 1.54) is 28.4 Å². The highest BCUT2D eigenvalue weighted by atomic mass is 32.2. The molecule has 10 heteroatoms. The number of aryl methyl sites for hydroxylation is 1. The van der Waals surface area contributed by atoms with E-state index < -0.39 is 27.3 Å². The molecule has 0 bridgehead atoms. The molecule has 1 amide bonds. The van der Waals surface area contributed by atoms with E-state index in [0.717, 1.165) is 47.4 Å². The van der Waals surface area contributed by atoms with Gasteiger partial charge >= 0.3 is 0 Å². The Bertz CT molecular complexity index is 1220. The number of hydrogen-bond donors (Lipinski definition) is 0. The van der Waals surface area contributed by atoms with Crippen molar-refractivity contribution in [3.05, 3.63) is 53.8 Å². The number of nitrogens with zero attached hydrogens (tertiary/aromatic N) is 3. The summed E-state index contributed by atoms with van der Waals surface area (Å²) in [5.41, 5.74) is 1.92. The first-order chi connectivity index (χ1) is 15.9. The SMILES string of the molecule is CCc1cccc2sc(N(CCN3CCOCC3)C(=O)CS(=O)(=O)c3ccc(F)cc3)nc12. The van der Waals surface area contributed by atoms with Gasteiger partial charge < -0.3 is 4.74 Å². The highest BCUT2D eigenvalue weighted by molar-refractivity contribution is 7.92. The summed E-state index contributed by atoms with van der Waals surface area (Å²) in [6, 6.07) is 10.4. The molecule has 1 aromatic heterocycles. The maximum atomic E-state index is 13.3. The molecule has 1 saturated heterocycles. The summed E-state index contributed by atoms with van der Waals surface area (Å²) in [5.74, 6) is -1.79. The molecule has 0 spiro atoms. The Kier molecular flexibility index (Phi) is 7.38. The Balaban J connectivity index is 1.61. The Morgan fingerprint density at radius 1 is 1.18 bits per heavy atom. The lowest BCUT2D eigenvalue weighted by Crippen LogP contribution is -2.44. The van der Waals surface area contributed by atoms with Crippen LogP contribution in [-0.4, -0.2) is 69.4 Å². The maximum Gasteiger partial charge on any atom is 0.244 e. The fourth-order valence-corrected chi connectivity index (χ4v) is 6.01.